The van der Waals surface area contributed by atoms with Crippen LogP contribution in [0.4, 0.5) is 5.69 Å². The first kappa shape index (κ1) is 13.6. The molecule has 0 spiro atoms. The minimum atomic E-state index is 0.764. The van der Waals surface area contributed by atoms with Crippen LogP contribution in [0.2, 0.25) is 0 Å². The molecule has 2 aromatic rings. The molecule has 2 heterocycles. The number of anilines is 1. The molecule has 0 saturated heterocycles. The number of ether oxygens (including phenoxy) is 1. The fourth-order valence-corrected chi connectivity index (χ4v) is 2.78. The molecule has 1 aromatic carbocycles. The number of aromatic nitrogens is 1. The molecule has 20 heavy (non-hydrogen) atoms. The molecule has 0 unspecified atom stereocenters. The van der Waals surface area contributed by atoms with Gasteiger partial charge in [0.1, 0.15) is 0 Å². The van der Waals surface area contributed by atoms with Gasteiger partial charge in [0.15, 0.2) is 0 Å². The summed E-state index contributed by atoms with van der Waals surface area (Å²) in [5.41, 5.74) is 3.65. The predicted octanol–water partition coefficient (Wildman–Crippen LogP) is 4.15. The Hall–Kier alpha value is -1.39. The molecular weight excluding hydrogens is 316 g/mol. The Bertz CT molecular complexity index is 639. The largest absolute Gasteiger partial charge is 0.384 e. The van der Waals surface area contributed by atoms with E-state index in [1.807, 2.05) is 24.4 Å². The van der Waals surface area contributed by atoms with Crippen molar-refractivity contribution in [3.05, 3.63) is 46.6 Å². The van der Waals surface area contributed by atoms with Crippen LogP contribution in [0, 0.1) is 0 Å². The van der Waals surface area contributed by atoms with Crippen molar-refractivity contribution in [2.75, 3.05) is 25.1 Å². The lowest BCUT2D eigenvalue weighted by molar-refractivity contribution is 0.153. The van der Waals surface area contributed by atoms with Gasteiger partial charge in [-0.25, -0.2) is 0 Å². The van der Waals surface area contributed by atoms with E-state index in [0.29, 0.717) is 0 Å². The summed E-state index contributed by atoms with van der Waals surface area (Å²) in [7, 11) is 0. The molecule has 3 nitrogen and oxygen atoms in total. The van der Waals surface area contributed by atoms with Crippen LogP contribution in [0.25, 0.3) is 10.9 Å². The summed E-state index contributed by atoms with van der Waals surface area (Å²) in [6.45, 7) is 2.56. The third kappa shape index (κ3) is 3.19. The summed E-state index contributed by atoms with van der Waals surface area (Å²) >= 11 is 3.52. The van der Waals surface area contributed by atoms with Gasteiger partial charge in [0.2, 0.25) is 0 Å². The first-order chi connectivity index (χ1) is 9.83. The molecule has 1 N–H and O–H groups in total. The molecule has 4 heteroatoms. The van der Waals surface area contributed by atoms with Crippen LogP contribution in [0.15, 0.2) is 46.6 Å². The number of hydrogen-bond acceptors (Lipinski definition) is 3. The van der Waals surface area contributed by atoms with Crippen LogP contribution in [0.5, 0.6) is 0 Å². The van der Waals surface area contributed by atoms with Crippen LogP contribution in [-0.4, -0.2) is 24.7 Å². The van der Waals surface area contributed by atoms with Crippen LogP contribution in [-0.2, 0) is 4.74 Å². The van der Waals surface area contributed by atoms with Crippen molar-refractivity contribution in [3.8, 4) is 0 Å². The van der Waals surface area contributed by atoms with Gasteiger partial charge < -0.3 is 10.1 Å². The van der Waals surface area contributed by atoms with Crippen molar-refractivity contribution in [2.45, 2.75) is 12.8 Å². The number of pyridine rings is 1. The highest BCUT2D eigenvalue weighted by molar-refractivity contribution is 9.10. The molecule has 0 bridgehead atoms. The van der Waals surface area contributed by atoms with Crippen LogP contribution < -0.4 is 5.32 Å². The number of nitrogens with one attached hydrogen (secondary N) is 1. The summed E-state index contributed by atoms with van der Waals surface area (Å²) in [6.07, 6.45) is 6.18. The summed E-state index contributed by atoms with van der Waals surface area (Å²) in [4.78, 5) is 4.39. The van der Waals surface area contributed by atoms with Crippen LogP contribution in [0.3, 0.4) is 0 Å². The lowest BCUT2D eigenvalue weighted by Gasteiger charge is -2.15. The van der Waals surface area contributed by atoms with E-state index in [0.717, 1.165) is 53.7 Å². The molecule has 0 aliphatic carbocycles. The third-order valence-electron chi connectivity index (χ3n) is 3.52. The van der Waals surface area contributed by atoms with E-state index in [-0.39, 0.29) is 0 Å². The number of nitrogens with zero attached hydrogens (tertiary/aromatic N) is 1. The molecule has 1 aliphatic rings. The van der Waals surface area contributed by atoms with E-state index in [1.165, 1.54) is 5.57 Å². The fourth-order valence-electron chi connectivity index (χ4n) is 2.42. The lowest BCUT2D eigenvalue weighted by Crippen LogP contribution is -2.09. The second kappa shape index (κ2) is 6.37. The van der Waals surface area contributed by atoms with Gasteiger partial charge in [0.05, 0.1) is 18.7 Å². The molecule has 0 fully saturated rings. The minimum absolute atomic E-state index is 0.764. The average Bonchev–Trinajstić information content (AvgIpc) is 2.49. The van der Waals surface area contributed by atoms with Gasteiger partial charge in [-0.15, -0.1) is 0 Å². The zero-order valence-electron chi connectivity index (χ0n) is 11.2. The highest BCUT2D eigenvalue weighted by atomic mass is 79.9. The Balaban J connectivity index is 1.71. The number of halogens is 1. The Morgan fingerprint density at radius 1 is 1.30 bits per heavy atom. The maximum Gasteiger partial charge on any atom is 0.0723 e. The molecule has 0 radical (unpaired) electrons. The number of hydrogen-bond donors (Lipinski definition) is 1. The van der Waals surface area contributed by atoms with Crippen molar-refractivity contribution in [2.24, 2.45) is 0 Å². The van der Waals surface area contributed by atoms with Crippen LogP contribution >= 0.6 is 15.9 Å². The average molecular weight is 333 g/mol. The van der Waals surface area contributed by atoms with Gasteiger partial charge >= 0.3 is 0 Å². The molecule has 1 aliphatic heterocycles. The smallest absolute Gasteiger partial charge is 0.0723 e. The first-order valence-corrected chi connectivity index (χ1v) is 7.66. The fraction of sp³-hybridized carbons (Fsp3) is 0.312. The lowest BCUT2D eigenvalue weighted by atomic mass is 10.1. The number of rotatable bonds is 4. The van der Waals surface area contributed by atoms with E-state index >= 15 is 0 Å². The maximum absolute atomic E-state index is 5.32. The summed E-state index contributed by atoms with van der Waals surface area (Å²) in [5.74, 6) is 0. The minimum Gasteiger partial charge on any atom is -0.384 e. The molecule has 0 amide bonds. The van der Waals surface area contributed by atoms with Crippen molar-refractivity contribution >= 4 is 32.5 Å². The quantitative estimate of drug-likeness (QED) is 0.854. The SMILES string of the molecule is Brc1ccc2nccc(NCCC3=CCOCC3)c2c1. The van der Waals surface area contributed by atoms with E-state index < -0.39 is 0 Å². The van der Waals surface area contributed by atoms with Gasteiger partial charge in [-0.2, -0.15) is 0 Å². The Labute approximate surface area is 127 Å². The zero-order valence-corrected chi connectivity index (χ0v) is 12.8. The monoisotopic (exact) mass is 332 g/mol. The van der Waals surface area contributed by atoms with Crippen molar-refractivity contribution in [1.29, 1.82) is 0 Å². The molecule has 0 atom stereocenters. The Morgan fingerprint density at radius 2 is 2.25 bits per heavy atom. The summed E-state index contributed by atoms with van der Waals surface area (Å²) in [5, 5.41) is 4.68. The highest BCUT2D eigenvalue weighted by Crippen LogP contribution is 2.25. The van der Waals surface area contributed by atoms with Gasteiger partial charge in [-0.1, -0.05) is 27.6 Å². The maximum atomic E-state index is 5.32. The summed E-state index contributed by atoms with van der Waals surface area (Å²) < 4.78 is 6.40. The zero-order chi connectivity index (χ0) is 13.8. The Morgan fingerprint density at radius 3 is 3.10 bits per heavy atom. The second-order valence-electron chi connectivity index (χ2n) is 4.88. The molecule has 0 saturated carbocycles. The standard InChI is InChI=1S/C16H17BrN2O/c17-13-1-2-15-14(11-13)16(4-8-19-15)18-7-3-12-5-9-20-10-6-12/h1-2,4-5,8,11H,3,6-7,9-10H2,(H,18,19). The van der Waals surface area contributed by atoms with E-state index in [4.69, 9.17) is 4.74 Å². The van der Waals surface area contributed by atoms with Gasteiger partial charge in [-0.05, 0) is 37.1 Å². The van der Waals surface area contributed by atoms with Gasteiger partial charge in [0, 0.05) is 28.3 Å². The number of benzene rings is 1. The Kier molecular flexibility index (Phi) is 4.33. The third-order valence-corrected chi connectivity index (χ3v) is 4.02. The van der Waals surface area contributed by atoms with E-state index in [9.17, 15) is 0 Å². The van der Waals surface area contributed by atoms with E-state index in [1.54, 1.807) is 0 Å². The topological polar surface area (TPSA) is 34.2 Å². The molecular formula is C16H17BrN2O. The normalized spacial score (nSPS) is 15.2. The number of fused-ring (bicyclic) bond motifs is 1. The van der Waals surface area contributed by atoms with E-state index in [2.05, 4.69) is 38.4 Å². The van der Waals surface area contributed by atoms with Crippen molar-refractivity contribution in [3.63, 3.8) is 0 Å². The van der Waals surface area contributed by atoms with Crippen molar-refractivity contribution < 1.29 is 4.74 Å². The first-order valence-electron chi connectivity index (χ1n) is 6.87. The molecule has 3 rings (SSSR count). The van der Waals surface area contributed by atoms with Crippen LogP contribution in [0.1, 0.15) is 12.8 Å². The van der Waals surface area contributed by atoms with Crippen molar-refractivity contribution in [1.82, 2.24) is 4.98 Å². The molecule has 104 valence electrons. The van der Waals surface area contributed by atoms with Gasteiger partial charge in [0.25, 0.3) is 0 Å². The highest BCUT2D eigenvalue weighted by Gasteiger charge is 2.05. The van der Waals surface area contributed by atoms with Gasteiger partial charge in [-0.3, -0.25) is 4.98 Å². The predicted molar refractivity (Wildman–Crippen MR) is 86.1 cm³/mol. The second-order valence-corrected chi connectivity index (χ2v) is 5.80. The summed E-state index contributed by atoms with van der Waals surface area (Å²) in [6, 6.07) is 8.20. The molecule has 1 aromatic heterocycles.